The zero-order valence-electron chi connectivity index (χ0n) is 17.9. The molecule has 0 unspecified atom stereocenters. The molecule has 10 heteroatoms. The topological polar surface area (TPSA) is 96.9 Å². The van der Waals surface area contributed by atoms with Crippen LogP contribution < -0.4 is 9.04 Å². The summed E-state index contributed by atoms with van der Waals surface area (Å²) in [6.45, 7) is 4.78. The molecule has 0 saturated carbocycles. The number of rotatable bonds is 9. The highest BCUT2D eigenvalue weighted by Gasteiger charge is 2.31. The third kappa shape index (κ3) is 5.36. The fourth-order valence-corrected chi connectivity index (χ4v) is 6.83. The third-order valence-corrected chi connectivity index (χ3v) is 9.10. The Morgan fingerprint density at radius 1 is 1.13 bits per heavy atom. The summed E-state index contributed by atoms with van der Waals surface area (Å²) in [5, 5.41) is 0. The second-order valence-electron chi connectivity index (χ2n) is 7.26. The van der Waals surface area contributed by atoms with Crippen molar-refractivity contribution in [2.45, 2.75) is 38.0 Å². The molecule has 1 aliphatic rings. The number of likely N-dealkylation sites (N-methyl/N-ethyl adjacent to an activating group) is 1. The van der Waals surface area contributed by atoms with Gasteiger partial charge < -0.3 is 4.74 Å². The Morgan fingerprint density at radius 3 is 2.52 bits per heavy atom. The van der Waals surface area contributed by atoms with Crippen molar-refractivity contribution in [3.05, 3.63) is 48.3 Å². The van der Waals surface area contributed by atoms with E-state index in [0.717, 1.165) is 12.0 Å². The highest BCUT2D eigenvalue weighted by molar-refractivity contribution is 7.92. The van der Waals surface area contributed by atoms with Crippen LogP contribution in [0.5, 0.6) is 5.75 Å². The molecule has 0 bridgehead atoms. The van der Waals surface area contributed by atoms with Gasteiger partial charge >= 0.3 is 0 Å². The Labute approximate surface area is 185 Å². The maximum absolute atomic E-state index is 13.5. The first kappa shape index (κ1) is 23.5. The van der Waals surface area contributed by atoms with Crippen molar-refractivity contribution in [2.75, 3.05) is 36.3 Å². The van der Waals surface area contributed by atoms with Crippen LogP contribution in [-0.2, 0) is 26.5 Å². The summed E-state index contributed by atoms with van der Waals surface area (Å²) < 4.78 is 60.4. The Kier molecular flexibility index (Phi) is 7.55. The molecule has 1 aromatic carbocycles. The summed E-state index contributed by atoms with van der Waals surface area (Å²) in [4.78, 5) is 3.97. The van der Waals surface area contributed by atoms with E-state index in [0.29, 0.717) is 38.2 Å². The zero-order chi connectivity index (χ0) is 22.5. The molecule has 0 N–H and O–H groups in total. The summed E-state index contributed by atoms with van der Waals surface area (Å²) in [6.07, 6.45) is 5.24. The molecule has 1 aromatic heterocycles. The fourth-order valence-electron chi connectivity index (χ4n) is 3.60. The van der Waals surface area contributed by atoms with Crippen LogP contribution in [-0.4, -0.2) is 58.1 Å². The maximum Gasteiger partial charge on any atom is 0.246 e. The minimum absolute atomic E-state index is 0.01000. The van der Waals surface area contributed by atoms with Crippen molar-refractivity contribution in [1.82, 2.24) is 9.29 Å². The first-order valence-corrected chi connectivity index (χ1v) is 13.5. The summed E-state index contributed by atoms with van der Waals surface area (Å²) in [7, 11) is -7.36. The lowest BCUT2D eigenvalue weighted by atomic mass is 10.2. The van der Waals surface area contributed by atoms with Crippen molar-refractivity contribution >= 4 is 25.7 Å². The first-order valence-electron chi connectivity index (χ1n) is 10.5. The number of hydrogen-bond donors (Lipinski definition) is 0. The average molecular weight is 468 g/mol. The lowest BCUT2D eigenvalue weighted by Crippen LogP contribution is -2.38. The van der Waals surface area contributed by atoms with E-state index in [1.54, 1.807) is 38.4 Å². The molecule has 0 aliphatic carbocycles. The van der Waals surface area contributed by atoms with Crippen LogP contribution in [0.3, 0.4) is 0 Å². The van der Waals surface area contributed by atoms with E-state index >= 15 is 0 Å². The fraction of sp³-hybridized carbons (Fsp3) is 0.476. The molecule has 1 fully saturated rings. The van der Waals surface area contributed by atoms with E-state index in [1.165, 1.54) is 14.7 Å². The largest absolute Gasteiger partial charge is 0.492 e. The van der Waals surface area contributed by atoms with Crippen LogP contribution in [0.25, 0.3) is 0 Å². The molecule has 0 amide bonds. The van der Waals surface area contributed by atoms with E-state index in [-0.39, 0.29) is 22.9 Å². The number of anilines is 1. The van der Waals surface area contributed by atoms with Gasteiger partial charge in [0, 0.05) is 32.0 Å². The second-order valence-corrected chi connectivity index (χ2v) is 11.2. The molecule has 170 valence electrons. The van der Waals surface area contributed by atoms with Gasteiger partial charge in [0.1, 0.15) is 10.6 Å². The van der Waals surface area contributed by atoms with Gasteiger partial charge in [0.05, 0.1) is 18.0 Å². The van der Waals surface area contributed by atoms with Crippen LogP contribution >= 0.6 is 0 Å². The molecule has 2 aromatic rings. The van der Waals surface area contributed by atoms with Gasteiger partial charge in [-0.25, -0.2) is 16.8 Å². The molecule has 0 atom stereocenters. The zero-order valence-corrected chi connectivity index (χ0v) is 19.5. The van der Waals surface area contributed by atoms with Gasteiger partial charge in [0.2, 0.25) is 20.0 Å². The molecule has 2 heterocycles. The van der Waals surface area contributed by atoms with Crippen LogP contribution in [0.15, 0.2) is 47.6 Å². The van der Waals surface area contributed by atoms with Crippen LogP contribution in [0, 0.1) is 0 Å². The molecule has 3 rings (SSSR count). The second kappa shape index (κ2) is 9.97. The molecule has 8 nitrogen and oxygen atoms in total. The molecule has 0 spiro atoms. The van der Waals surface area contributed by atoms with E-state index in [2.05, 4.69) is 4.98 Å². The van der Waals surface area contributed by atoms with E-state index < -0.39 is 20.0 Å². The quantitative estimate of drug-likeness (QED) is 0.562. The standard InChI is InChI=1S/C21H29N3O5S2/c1-3-23(15-11-18-9-12-22-13-10-18)31(27,28)21-17-19(7-8-20(21)29-4-2)24-14-5-6-16-30(24,25)26/h7-10,12-13,17H,3-6,11,14-16H2,1-2H3. The lowest BCUT2D eigenvalue weighted by molar-refractivity contribution is 0.329. The Hall–Kier alpha value is -2.17. The van der Waals surface area contributed by atoms with Crippen molar-refractivity contribution in [3.63, 3.8) is 0 Å². The van der Waals surface area contributed by atoms with Crippen molar-refractivity contribution < 1.29 is 21.6 Å². The predicted molar refractivity (Wildman–Crippen MR) is 120 cm³/mol. The lowest BCUT2D eigenvalue weighted by Gasteiger charge is -2.29. The van der Waals surface area contributed by atoms with Crippen LogP contribution in [0.4, 0.5) is 5.69 Å². The minimum atomic E-state index is -3.90. The third-order valence-electron chi connectivity index (χ3n) is 5.23. The van der Waals surface area contributed by atoms with Crippen molar-refractivity contribution in [1.29, 1.82) is 0 Å². The van der Waals surface area contributed by atoms with Gasteiger partial charge in [0.25, 0.3) is 0 Å². The van der Waals surface area contributed by atoms with Crippen molar-refractivity contribution in [2.24, 2.45) is 0 Å². The number of benzene rings is 1. The summed E-state index contributed by atoms with van der Waals surface area (Å²) in [6, 6.07) is 8.30. The normalized spacial score (nSPS) is 16.4. The monoisotopic (exact) mass is 467 g/mol. The molecular formula is C21H29N3O5S2. The van der Waals surface area contributed by atoms with Crippen LogP contribution in [0.1, 0.15) is 32.3 Å². The first-order chi connectivity index (χ1) is 14.8. The summed E-state index contributed by atoms with van der Waals surface area (Å²) >= 11 is 0. The van der Waals surface area contributed by atoms with Gasteiger partial charge in [-0.1, -0.05) is 6.92 Å². The van der Waals surface area contributed by atoms with Gasteiger partial charge in [0.15, 0.2) is 0 Å². The number of nitrogens with zero attached hydrogens (tertiary/aromatic N) is 3. The Morgan fingerprint density at radius 2 is 1.87 bits per heavy atom. The smallest absolute Gasteiger partial charge is 0.246 e. The maximum atomic E-state index is 13.5. The molecule has 1 aliphatic heterocycles. The number of sulfonamides is 2. The van der Waals surface area contributed by atoms with Gasteiger partial charge in [-0.2, -0.15) is 4.31 Å². The Bertz CT molecular complexity index is 1090. The predicted octanol–water partition coefficient (Wildman–Crippen LogP) is 2.66. The van der Waals surface area contributed by atoms with E-state index in [1.807, 2.05) is 12.1 Å². The number of aromatic nitrogens is 1. The SMILES string of the molecule is CCOc1ccc(N2CCCCS2(=O)=O)cc1S(=O)(=O)N(CC)CCc1ccncc1. The number of pyridine rings is 1. The molecule has 1 saturated heterocycles. The molecular weight excluding hydrogens is 438 g/mol. The van der Waals surface area contributed by atoms with E-state index in [9.17, 15) is 16.8 Å². The summed E-state index contributed by atoms with van der Waals surface area (Å²) in [5.74, 6) is 0.290. The number of ether oxygens (including phenoxy) is 1. The summed E-state index contributed by atoms with van der Waals surface area (Å²) in [5.41, 5.74) is 1.34. The van der Waals surface area contributed by atoms with Crippen molar-refractivity contribution in [3.8, 4) is 5.75 Å². The highest BCUT2D eigenvalue weighted by atomic mass is 32.2. The Balaban J connectivity index is 1.96. The molecule has 0 radical (unpaired) electrons. The van der Waals surface area contributed by atoms with Gasteiger partial charge in [-0.05, 0) is 62.1 Å². The van der Waals surface area contributed by atoms with Crippen LogP contribution in [0.2, 0.25) is 0 Å². The van der Waals surface area contributed by atoms with Gasteiger partial charge in [-0.15, -0.1) is 0 Å². The minimum Gasteiger partial charge on any atom is -0.492 e. The van der Waals surface area contributed by atoms with E-state index in [4.69, 9.17) is 4.74 Å². The number of hydrogen-bond acceptors (Lipinski definition) is 6. The molecule has 31 heavy (non-hydrogen) atoms. The average Bonchev–Trinajstić information content (AvgIpc) is 2.75. The van der Waals surface area contributed by atoms with Gasteiger partial charge in [-0.3, -0.25) is 9.29 Å². The highest BCUT2D eigenvalue weighted by Crippen LogP contribution is 2.33.